The summed E-state index contributed by atoms with van der Waals surface area (Å²) >= 11 is 0. The second kappa shape index (κ2) is 4.00. The van der Waals surface area contributed by atoms with Gasteiger partial charge in [-0.3, -0.25) is 4.98 Å². The van der Waals surface area contributed by atoms with Crippen LogP contribution in [0.5, 0.6) is 0 Å². The van der Waals surface area contributed by atoms with Crippen LogP contribution in [0.1, 0.15) is 10.4 Å². The van der Waals surface area contributed by atoms with E-state index < -0.39 is 5.97 Å². The lowest BCUT2D eigenvalue weighted by Gasteiger charge is -1.97. The van der Waals surface area contributed by atoms with Crippen LogP contribution in [0.2, 0.25) is 0 Å². The second-order valence-electron chi connectivity index (χ2n) is 4.01. The van der Waals surface area contributed by atoms with Crippen molar-refractivity contribution in [2.45, 2.75) is 0 Å². The Bertz CT molecular complexity index is 681. The predicted molar refractivity (Wildman–Crippen MR) is 68.5 cm³/mol. The van der Waals surface area contributed by atoms with Crippen molar-refractivity contribution in [3.05, 3.63) is 54.2 Å². The summed E-state index contributed by atoms with van der Waals surface area (Å²) in [5, 5.41) is 9.92. The minimum absolute atomic E-state index is 0.190. The molecule has 0 saturated heterocycles. The first-order chi connectivity index (χ1) is 8.74. The van der Waals surface area contributed by atoms with Gasteiger partial charge in [0.05, 0.1) is 17.0 Å². The van der Waals surface area contributed by atoms with Gasteiger partial charge in [0.15, 0.2) is 0 Å². The molecule has 0 fully saturated rings. The summed E-state index contributed by atoms with van der Waals surface area (Å²) in [4.78, 5) is 18.1. The number of carboxylic acid groups (broad SMARTS) is 1. The van der Waals surface area contributed by atoms with E-state index in [-0.39, 0.29) is 5.56 Å². The minimum Gasteiger partial charge on any atom is -0.478 e. The molecule has 0 saturated carbocycles. The van der Waals surface area contributed by atoms with Gasteiger partial charge in [-0.25, -0.2) is 4.79 Å². The number of benzene rings is 1. The van der Waals surface area contributed by atoms with Gasteiger partial charge in [-0.2, -0.15) is 0 Å². The van der Waals surface area contributed by atoms with Gasteiger partial charge in [0.2, 0.25) is 0 Å². The highest BCUT2D eigenvalue weighted by Gasteiger charge is 2.06. The number of carbonyl (C=O) groups is 1. The number of nitrogens with zero attached hydrogens (tertiary/aromatic N) is 1. The van der Waals surface area contributed by atoms with Crippen molar-refractivity contribution in [1.82, 2.24) is 9.97 Å². The van der Waals surface area contributed by atoms with E-state index in [1.54, 1.807) is 12.1 Å². The van der Waals surface area contributed by atoms with Crippen molar-refractivity contribution in [2.24, 2.45) is 0 Å². The molecule has 18 heavy (non-hydrogen) atoms. The fraction of sp³-hybridized carbons (Fsp3) is 0. The van der Waals surface area contributed by atoms with E-state index >= 15 is 0 Å². The topological polar surface area (TPSA) is 66.0 Å². The van der Waals surface area contributed by atoms with E-state index in [4.69, 9.17) is 5.11 Å². The van der Waals surface area contributed by atoms with Crippen molar-refractivity contribution < 1.29 is 9.90 Å². The van der Waals surface area contributed by atoms with Crippen LogP contribution in [-0.2, 0) is 0 Å². The monoisotopic (exact) mass is 238 g/mol. The number of fused-ring (bicyclic) bond motifs is 1. The molecule has 88 valence electrons. The molecule has 0 unspecified atom stereocenters. The van der Waals surface area contributed by atoms with Crippen LogP contribution in [0.25, 0.3) is 22.3 Å². The number of aromatic carboxylic acids is 1. The maximum atomic E-state index is 10.7. The van der Waals surface area contributed by atoms with Crippen molar-refractivity contribution >= 4 is 16.9 Å². The summed E-state index contributed by atoms with van der Waals surface area (Å²) in [6.45, 7) is 0. The lowest BCUT2D eigenvalue weighted by Crippen LogP contribution is -1.97. The van der Waals surface area contributed by atoms with Gasteiger partial charge < -0.3 is 10.1 Å². The minimum atomic E-state index is -0.967. The zero-order chi connectivity index (χ0) is 12.5. The molecule has 0 radical (unpaired) electrons. The maximum absolute atomic E-state index is 10.7. The van der Waals surface area contributed by atoms with E-state index in [2.05, 4.69) is 9.97 Å². The first-order valence-corrected chi connectivity index (χ1v) is 5.51. The Morgan fingerprint density at radius 3 is 2.67 bits per heavy atom. The van der Waals surface area contributed by atoms with Gasteiger partial charge in [-0.05, 0) is 24.3 Å². The number of nitrogens with one attached hydrogen (secondary N) is 1. The van der Waals surface area contributed by atoms with Crippen molar-refractivity contribution in [3.63, 3.8) is 0 Å². The Morgan fingerprint density at radius 1 is 1.17 bits per heavy atom. The third kappa shape index (κ3) is 1.73. The summed E-state index contributed by atoms with van der Waals surface area (Å²) < 4.78 is 0. The SMILES string of the molecule is O=C(O)c1ccc(-c2cc3ccccc3[nH]2)nc1. The number of rotatable bonds is 2. The molecule has 0 aliphatic rings. The number of aromatic nitrogens is 2. The Morgan fingerprint density at radius 2 is 2.00 bits per heavy atom. The molecular weight excluding hydrogens is 228 g/mol. The molecular formula is C14H10N2O2. The van der Waals surface area contributed by atoms with Gasteiger partial charge >= 0.3 is 5.97 Å². The van der Waals surface area contributed by atoms with Gasteiger partial charge in [-0.15, -0.1) is 0 Å². The van der Waals surface area contributed by atoms with Crippen LogP contribution in [0, 0.1) is 0 Å². The molecule has 3 rings (SSSR count). The molecule has 0 bridgehead atoms. The zero-order valence-electron chi connectivity index (χ0n) is 9.42. The summed E-state index contributed by atoms with van der Waals surface area (Å²) in [6, 6.07) is 13.2. The smallest absolute Gasteiger partial charge is 0.337 e. The van der Waals surface area contributed by atoms with Crippen LogP contribution in [0.15, 0.2) is 48.7 Å². The molecule has 4 nitrogen and oxygen atoms in total. The Hall–Kier alpha value is -2.62. The fourth-order valence-corrected chi connectivity index (χ4v) is 1.89. The average molecular weight is 238 g/mol. The molecule has 0 aliphatic heterocycles. The quantitative estimate of drug-likeness (QED) is 0.721. The van der Waals surface area contributed by atoms with Crippen LogP contribution >= 0.6 is 0 Å². The first kappa shape index (κ1) is 10.5. The molecule has 2 aromatic heterocycles. The third-order valence-corrected chi connectivity index (χ3v) is 2.82. The molecule has 1 aromatic carbocycles. The zero-order valence-corrected chi connectivity index (χ0v) is 9.42. The summed E-state index contributed by atoms with van der Waals surface area (Å²) in [6.07, 6.45) is 1.36. The Labute approximate surface area is 103 Å². The third-order valence-electron chi connectivity index (χ3n) is 2.82. The lowest BCUT2D eigenvalue weighted by atomic mass is 10.2. The van der Waals surface area contributed by atoms with Crippen molar-refractivity contribution in [1.29, 1.82) is 0 Å². The molecule has 3 aromatic rings. The number of aromatic amines is 1. The van der Waals surface area contributed by atoms with Crippen molar-refractivity contribution in [3.8, 4) is 11.4 Å². The van der Waals surface area contributed by atoms with Crippen LogP contribution in [0.4, 0.5) is 0 Å². The van der Waals surface area contributed by atoms with E-state index in [1.807, 2.05) is 30.3 Å². The second-order valence-corrected chi connectivity index (χ2v) is 4.01. The van der Waals surface area contributed by atoms with E-state index in [9.17, 15) is 4.79 Å². The predicted octanol–water partition coefficient (Wildman–Crippen LogP) is 2.93. The standard InChI is InChI=1S/C14H10N2O2/c17-14(18)10-5-6-12(15-8-10)13-7-9-3-1-2-4-11(9)16-13/h1-8,16H,(H,17,18). The number of para-hydroxylation sites is 1. The number of pyridine rings is 1. The Balaban J connectivity index is 2.06. The van der Waals surface area contributed by atoms with Gasteiger partial charge in [0, 0.05) is 17.1 Å². The van der Waals surface area contributed by atoms with Gasteiger partial charge in [-0.1, -0.05) is 18.2 Å². The molecule has 0 aliphatic carbocycles. The molecule has 0 spiro atoms. The maximum Gasteiger partial charge on any atom is 0.337 e. The molecule has 0 atom stereocenters. The van der Waals surface area contributed by atoms with Gasteiger partial charge in [0.1, 0.15) is 0 Å². The highest BCUT2D eigenvalue weighted by atomic mass is 16.4. The Kier molecular flexibility index (Phi) is 2.34. The number of hydrogen-bond donors (Lipinski definition) is 2. The average Bonchev–Trinajstić information content (AvgIpc) is 2.82. The highest BCUT2D eigenvalue weighted by molar-refractivity contribution is 5.88. The summed E-state index contributed by atoms with van der Waals surface area (Å²) in [5.41, 5.74) is 2.84. The fourth-order valence-electron chi connectivity index (χ4n) is 1.89. The number of H-pyrrole nitrogens is 1. The normalized spacial score (nSPS) is 10.7. The molecule has 4 heteroatoms. The first-order valence-electron chi connectivity index (χ1n) is 5.51. The van der Waals surface area contributed by atoms with E-state index in [0.717, 1.165) is 22.3 Å². The van der Waals surface area contributed by atoms with Gasteiger partial charge in [0.25, 0.3) is 0 Å². The summed E-state index contributed by atoms with van der Waals surface area (Å²) in [7, 11) is 0. The van der Waals surface area contributed by atoms with E-state index in [1.165, 1.54) is 6.20 Å². The van der Waals surface area contributed by atoms with E-state index in [0.29, 0.717) is 0 Å². The van der Waals surface area contributed by atoms with Crippen molar-refractivity contribution in [2.75, 3.05) is 0 Å². The van der Waals surface area contributed by atoms with Crippen LogP contribution in [-0.4, -0.2) is 21.0 Å². The highest BCUT2D eigenvalue weighted by Crippen LogP contribution is 2.22. The molecule has 2 N–H and O–H groups in total. The lowest BCUT2D eigenvalue weighted by molar-refractivity contribution is 0.0696. The number of hydrogen-bond acceptors (Lipinski definition) is 2. The summed E-state index contributed by atoms with van der Waals surface area (Å²) in [5.74, 6) is -0.967. The largest absolute Gasteiger partial charge is 0.478 e. The van der Waals surface area contributed by atoms with Crippen LogP contribution in [0.3, 0.4) is 0 Å². The van der Waals surface area contributed by atoms with Crippen LogP contribution < -0.4 is 0 Å². The molecule has 0 amide bonds. The molecule has 2 heterocycles. The number of carboxylic acids is 1.